The van der Waals surface area contributed by atoms with Crippen molar-refractivity contribution in [2.45, 2.75) is 13.8 Å². The summed E-state index contributed by atoms with van der Waals surface area (Å²) in [5.74, 6) is 0. The Labute approximate surface area is 89.5 Å². The molecule has 1 heterocycles. The molecule has 0 atom stereocenters. The molecule has 78 valence electrons. The molecule has 0 spiro atoms. The van der Waals surface area contributed by atoms with Crippen LogP contribution in [0.4, 0.5) is 5.69 Å². The zero-order chi connectivity index (χ0) is 11.0. The molecule has 3 nitrogen and oxygen atoms in total. The summed E-state index contributed by atoms with van der Waals surface area (Å²) in [5.41, 5.74) is 11.1. The summed E-state index contributed by atoms with van der Waals surface area (Å²) >= 11 is 0. The second-order valence-corrected chi connectivity index (χ2v) is 3.93. The van der Waals surface area contributed by atoms with Crippen molar-refractivity contribution in [2.24, 2.45) is 7.05 Å². The Morgan fingerprint density at radius 2 is 2.00 bits per heavy atom. The van der Waals surface area contributed by atoms with E-state index in [1.165, 1.54) is 11.1 Å². The first-order valence-electron chi connectivity index (χ1n) is 4.94. The Bertz CT molecular complexity index is 498. The fourth-order valence-electron chi connectivity index (χ4n) is 1.80. The van der Waals surface area contributed by atoms with Gasteiger partial charge in [0.2, 0.25) is 0 Å². The van der Waals surface area contributed by atoms with Crippen LogP contribution in [0.1, 0.15) is 11.1 Å². The highest BCUT2D eigenvalue weighted by Gasteiger charge is 2.09. The molecule has 2 rings (SSSR count). The first kappa shape index (κ1) is 9.77. The predicted octanol–water partition coefficient (Wildman–Crippen LogP) is 2.29. The summed E-state index contributed by atoms with van der Waals surface area (Å²) in [6, 6.07) is 6.29. The van der Waals surface area contributed by atoms with E-state index in [2.05, 4.69) is 37.1 Å². The average molecular weight is 201 g/mol. The summed E-state index contributed by atoms with van der Waals surface area (Å²) in [6.45, 7) is 4.16. The van der Waals surface area contributed by atoms with E-state index in [0.29, 0.717) is 0 Å². The van der Waals surface area contributed by atoms with Gasteiger partial charge in [0, 0.05) is 18.8 Å². The highest BCUT2D eigenvalue weighted by Crippen LogP contribution is 2.27. The van der Waals surface area contributed by atoms with Crippen molar-refractivity contribution in [3.8, 4) is 11.3 Å². The van der Waals surface area contributed by atoms with Gasteiger partial charge in [-0.25, -0.2) is 0 Å². The lowest BCUT2D eigenvalue weighted by molar-refractivity contribution is 0.771. The van der Waals surface area contributed by atoms with Crippen LogP contribution in [0.5, 0.6) is 0 Å². The van der Waals surface area contributed by atoms with E-state index in [1.807, 2.05) is 13.2 Å². The molecule has 1 aromatic carbocycles. The van der Waals surface area contributed by atoms with Crippen LogP contribution >= 0.6 is 0 Å². The maximum absolute atomic E-state index is 5.90. The van der Waals surface area contributed by atoms with Gasteiger partial charge in [0.05, 0.1) is 5.69 Å². The van der Waals surface area contributed by atoms with Crippen LogP contribution < -0.4 is 5.73 Å². The highest BCUT2D eigenvalue weighted by molar-refractivity contribution is 5.74. The Kier molecular flexibility index (Phi) is 2.23. The normalized spacial score (nSPS) is 10.6. The molecule has 3 heteroatoms. The van der Waals surface area contributed by atoms with E-state index in [-0.39, 0.29) is 0 Å². The van der Waals surface area contributed by atoms with E-state index < -0.39 is 0 Å². The number of nitrogen functional groups attached to an aromatic ring is 1. The van der Waals surface area contributed by atoms with Crippen LogP contribution in [0.2, 0.25) is 0 Å². The number of nitrogens with zero attached hydrogens (tertiary/aromatic N) is 2. The van der Waals surface area contributed by atoms with Crippen LogP contribution in [0.15, 0.2) is 24.4 Å². The lowest BCUT2D eigenvalue weighted by Crippen LogP contribution is -1.91. The number of hydrogen-bond acceptors (Lipinski definition) is 2. The minimum absolute atomic E-state index is 0.726. The second kappa shape index (κ2) is 3.42. The standard InChI is InChI=1S/C12H15N3/c1-8-4-5-10(9(2)6-8)12-11(13)7-15(3)14-12/h4-7H,13H2,1-3H3. The van der Waals surface area contributed by atoms with E-state index in [4.69, 9.17) is 5.73 Å². The molecular formula is C12H15N3. The fourth-order valence-corrected chi connectivity index (χ4v) is 1.80. The van der Waals surface area contributed by atoms with Gasteiger partial charge < -0.3 is 5.73 Å². The van der Waals surface area contributed by atoms with Crippen molar-refractivity contribution < 1.29 is 0 Å². The maximum Gasteiger partial charge on any atom is 0.115 e. The van der Waals surface area contributed by atoms with Gasteiger partial charge in [-0.1, -0.05) is 23.8 Å². The fraction of sp³-hybridized carbons (Fsp3) is 0.250. The lowest BCUT2D eigenvalue weighted by atomic mass is 10.0. The van der Waals surface area contributed by atoms with Crippen LogP contribution in [-0.2, 0) is 7.05 Å². The minimum atomic E-state index is 0.726. The highest BCUT2D eigenvalue weighted by atomic mass is 15.3. The molecule has 0 saturated heterocycles. The second-order valence-electron chi connectivity index (χ2n) is 3.93. The Morgan fingerprint density at radius 3 is 2.53 bits per heavy atom. The van der Waals surface area contributed by atoms with Gasteiger partial charge in [-0.3, -0.25) is 4.68 Å². The quantitative estimate of drug-likeness (QED) is 0.769. The molecule has 0 unspecified atom stereocenters. The zero-order valence-corrected chi connectivity index (χ0v) is 9.28. The molecule has 1 aromatic heterocycles. The minimum Gasteiger partial charge on any atom is -0.396 e. The topological polar surface area (TPSA) is 43.8 Å². The number of aromatic nitrogens is 2. The molecular weight excluding hydrogens is 186 g/mol. The third kappa shape index (κ3) is 1.73. The first-order valence-corrected chi connectivity index (χ1v) is 4.94. The molecule has 0 saturated carbocycles. The molecule has 0 aliphatic heterocycles. The first-order chi connectivity index (χ1) is 7.08. The van der Waals surface area contributed by atoms with Crippen LogP contribution in [0.25, 0.3) is 11.3 Å². The number of anilines is 1. The maximum atomic E-state index is 5.90. The van der Waals surface area contributed by atoms with Gasteiger partial charge in [0.15, 0.2) is 0 Å². The zero-order valence-electron chi connectivity index (χ0n) is 9.28. The third-order valence-corrected chi connectivity index (χ3v) is 2.49. The number of aryl methyl sites for hydroxylation is 3. The molecule has 2 N–H and O–H groups in total. The molecule has 2 aromatic rings. The van der Waals surface area contributed by atoms with E-state index in [1.54, 1.807) is 4.68 Å². The molecule has 0 aliphatic rings. The van der Waals surface area contributed by atoms with Crippen molar-refractivity contribution in [1.82, 2.24) is 9.78 Å². The van der Waals surface area contributed by atoms with E-state index >= 15 is 0 Å². The van der Waals surface area contributed by atoms with Crippen LogP contribution in [-0.4, -0.2) is 9.78 Å². The molecule has 0 aliphatic carbocycles. The van der Waals surface area contributed by atoms with Gasteiger partial charge in [-0.2, -0.15) is 5.10 Å². The Hall–Kier alpha value is -1.77. The number of rotatable bonds is 1. The van der Waals surface area contributed by atoms with Crippen molar-refractivity contribution in [3.05, 3.63) is 35.5 Å². The molecule has 15 heavy (non-hydrogen) atoms. The largest absolute Gasteiger partial charge is 0.396 e. The molecule has 0 fully saturated rings. The van der Waals surface area contributed by atoms with Crippen molar-refractivity contribution in [3.63, 3.8) is 0 Å². The summed E-state index contributed by atoms with van der Waals surface area (Å²) < 4.78 is 1.74. The number of benzene rings is 1. The van der Waals surface area contributed by atoms with E-state index in [9.17, 15) is 0 Å². The van der Waals surface area contributed by atoms with Crippen molar-refractivity contribution >= 4 is 5.69 Å². The number of nitrogens with two attached hydrogens (primary N) is 1. The summed E-state index contributed by atoms with van der Waals surface area (Å²) in [6.07, 6.45) is 1.83. The third-order valence-electron chi connectivity index (χ3n) is 2.49. The smallest absolute Gasteiger partial charge is 0.115 e. The summed E-state index contributed by atoms with van der Waals surface area (Å²) in [4.78, 5) is 0. The number of hydrogen-bond donors (Lipinski definition) is 1. The van der Waals surface area contributed by atoms with Crippen LogP contribution in [0, 0.1) is 13.8 Å². The predicted molar refractivity (Wildman–Crippen MR) is 62.5 cm³/mol. The van der Waals surface area contributed by atoms with Gasteiger partial charge in [-0.15, -0.1) is 0 Å². The van der Waals surface area contributed by atoms with Crippen LogP contribution in [0.3, 0.4) is 0 Å². The monoisotopic (exact) mass is 201 g/mol. The van der Waals surface area contributed by atoms with Gasteiger partial charge in [0.25, 0.3) is 0 Å². The van der Waals surface area contributed by atoms with E-state index in [0.717, 1.165) is 16.9 Å². The molecule has 0 bridgehead atoms. The van der Waals surface area contributed by atoms with Gasteiger partial charge >= 0.3 is 0 Å². The van der Waals surface area contributed by atoms with Crippen molar-refractivity contribution in [1.29, 1.82) is 0 Å². The summed E-state index contributed by atoms with van der Waals surface area (Å²) in [7, 11) is 1.88. The molecule has 0 amide bonds. The lowest BCUT2D eigenvalue weighted by Gasteiger charge is -2.04. The van der Waals surface area contributed by atoms with Gasteiger partial charge in [-0.05, 0) is 19.4 Å². The van der Waals surface area contributed by atoms with Gasteiger partial charge in [0.1, 0.15) is 5.69 Å². The molecule has 0 radical (unpaired) electrons. The average Bonchev–Trinajstić information content (AvgIpc) is 2.45. The summed E-state index contributed by atoms with van der Waals surface area (Å²) in [5, 5.41) is 4.36. The SMILES string of the molecule is Cc1ccc(-c2nn(C)cc2N)c(C)c1. The Morgan fingerprint density at radius 1 is 1.27 bits per heavy atom. The Balaban J connectivity index is 2.59. The van der Waals surface area contributed by atoms with Crippen molar-refractivity contribution in [2.75, 3.05) is 5.73 Å².